The van der Waals surface area contributed by atoms with E-state index >= 15 is 0 Å². The molecule has 0 aliphatic carbocycles. The lowest BCUT2D eigenvalue weighted by atomic mass is 10.0. The number of carbonyl (C=O) groups is 2. The first-order valence-corrected chi connectivity index (χ1v) is 7.84. The minimum Gasteiger partial charge on any atom is -0.467 e. The van der Waals surface area contributed by atoms with Crippen LogP contribution in [0.15, 0.2) is 77.4 Å². The summed E-state index contributed by atoms with van der Waals surface area (Å²) in [6, 6.07) is 20.4. The van der Waals surface area contributed by atoms with Gasteiger partial charge in [-0.3, -0.25) is 4.79 Å². The van der Waals surface area contributed by atoms with E-state index < -0.39 is 5.97 Å². The fourth-order valence-electron chi connectivity index (χ4n) is 2.29. The molecule has 0 aliphatic rings. The van der Waals surface area contributed by atoms with Gasteiger partial charge in [0, 0.05) is 0 Å². The molecular formula is C20H17NO4. The van der Waals surface area contributed by atoms with Crippen LogP contribution in [-0.4, -0.2) is 18.5 Å². The Kier molecular flexibility index (Phi) is 5.26. The Hall–Kier alpha value is -3.34. The van der Waals surface area contributed by atoms with E-state index in [4.69, 9.17) is 9.15 Å². The molecule has 0 fully saturated rings. The van der Waals surface area contributed by atoms with Gasteiger partial charge in [-0.2, -0.15) is 0 Å². The molecule has 0 radical (unpaired) electrons. The van der Waals surface area contributed by atoms with Crippen LogP contribution in [0.3, 0.4) is 0 Å². The molecule has 3 rings (SSSR count). The van der Waals surface area contributed by atoms with Crippen molar-refractivity contribution in [1.82, 2.24) is 5.32 Å². The maximum atomic E-state index is 12.0. The normalized spacial score (nSPS) is 10.2. The van der Waals surface area contributed by atoms with Crippen LogP contribution in [0.1, 0.15) is 16.1 Å². The third-order valence-electron chi connectivity index (χ3n) is 3.60. The molecule has 1 N–H and O–H groups in total. The Morgan fingerprint density at radius 3 is 2.28 bits per heavy atom. The molecule has 5 heteroatoms. The molecule has 0 saturated carbocycles. The predicted molar refractivity (Wildman–Crippen MR) is 92.7 cm³/mol. The molecule has 0 spiro atoms. The minimum atomic E-state index is -0.534. The molecule has 1 aromatic heterocycles. The lowest BCUT2D eigenvalue weighted by molar-refractivity contribution is -0.124. The minimum absolute atomic E-state index is 0.259. The van der Waals surface area contributed by atoms with Crippen LogP contribution in [0.4, 0.5) is 0 Å². The van der Waals surface area contributed by atoms with E-state index in [1.807, 2.05) is 42.5 Å². The van der Waals surface area contributed by atoms with E-state index in [0.717, 1.165) is 11.1 Å². The number of hydrogen-bond donors (Lipinski definition) is 1. The number of carbonyl (C=O) groups excluding carboxylic acids is 2. The van der Waals surface area contributed by atoms with E-state index in [0.29, 0.717) is 11.3 Å². The van der Waals surface area contributed by atoms with Gasteiger partial charge in [0.25, 0.3) is 5.91 Å². The van der Waals surface area contributed by atoms with Crippen LogP contribution >= 0.6 is 0 Å². The van der Waals surface area contributed by atoms with Crippen molar-refractivity contribution in [2.75, 3.05) is 6.61 Å². The van der Waals surface area contributed by atoms with Gasteiger partial charge in [-0.05, 0) is 35.4 Å². The number of furan rings is 1. The van der Waals surface area contributed by atoms with E-state index in [-0.39, 0.29) is 19.1 Å². The molecule has 0 aliphatic heterocycles. The lowest BCUT2D eigenvalue weighted by Gasteiger charge is -2.06. The Morgan fingerprint density at radius 1 is 0.880 bits per heavy atom. The second-order valence-corrected chi connectivity index (χ2v) is 5.38. The largest absolute Gasteiger partial charge is 0.467 e. The summed E-state index contributed by atoms with van der Waals surface area (Å²) < 4.78 is 10.1. The Bertz CT molecular complexity index is 824. The number of benzene rings is 2. The van der Waals surface area contributed by atoms with E-state index in [1.165, 1.54) is 6.26 Å². The van der Waals surface area contributed by atoms with E-state index in [2.05, 4.69) is 5.32 Å². The van der Waals surface area contributed by atoms with Crippen molar-refractivity contribution in [2.45, 2.75) is 6.54 Å². The highest BCUT2D eigenvalue weighted by atomic mass is 16.5. The smallest absolute Gasteiger partial charge is 0.338 e. The molecule has 0 atom stereocenters. The van der Waals surface area contributed by atoms with Crippen LogP contribution in [0.5, 0.6) is 0 Å². The SMILES string of the molecule is O=C(COC(=O)c1ccc(-c2ccccc2)cc1)NCc1ccco1. The van der Waals surface area contributed by atoms with Crippen LogP contribution in [0, 0.1) is 0 Å². The summed E-state index contributed by atoms with van der Waals surface area (Å²) in [5.41, 5.74) is 2.48. The van der Waals surface area contributed by atoms with Crippen LogP contribution in [0.2, 0.25) is 0 Å². The van der Waals surface area contributed by atoms with Gasteiger partial charge in [0.1, 0.15) is 5.76 Å². The summed E-state index contributed by atoms with van der Waals surface area (Å²) in [7, 11) is 0. The number of esters is 1. The number of nitrogens with one attached hydrogen (secondary N) is 1. The van der Waals surface area contributed by atoms with E-state index in [1.54, 1.807) is 24.3 Å². The highest BCUT2D eigenvalue weighted by Gasteiger charge is 2.10. The zero-order valence-electron chi connectivity index (χ0n) is 13.5. The van der Waals surface area contributed by atoms with Gasteiger partial charge in [0.15, 0.2) is 6.61 Å². The molecule has 1 heterocycles. The van der Waals surface area contributed by atoms with Crippen LogP contribution in [0.25, 0.3) is 11.1 Å². The number of amides is 1. The molecular weight excluding hydrogens is 318 g/mol. The zero-order chi connectivity index (χ0) is 17.5. The van der Waals surface area contributed by atoms with Gasteiger partial charge < -0.3 is 14.5 Å². The summed E-state index contributed by atoms with van der Waals surface area (Å²) in [5, 5.41) is 2.61. The van der Waals surface area contributed by atoms with Crippen LogP contribution < -0.4 is 5.32 Å². The lowest BCUT2D eigenvalue weighted by Crippen LogP contribution is -2.28. The number of rotatable bonds is 6. The topological polar surface area (TPSA) is 68.5 Å². The third-order valence-corrected chi connectivity index (χ3v) is 3.60. The Morgan fingerprint density at radius 2 is 1.60 bits per heavy atom. The van der Waals surface area contributed by atoms with Crippen LogP contribution in [-0.2, 0) is 16.1 Å². The number of hydrogen-bond acceptors (Lipinski definition) is 4. The van der Waals surface area contributed by atoms with Crippen molar-refractivity contribution in [3.05, 3.63) is 84.3 Å². The summed E-state index contributed by atoms with van der Waals surface area (Å²) >= 11 is 0. The van der Waals surface area contributed by atoms with Gasteiger partial charge in [-0.1, -0.05) is 42.5 Å². The first-order valence-electron chi connectivity index (χ1n) is 7.84. The summed E-state index contributed by atoms with van der Waals surface area (Å²) in [4.78, 5) is 23.7. The predicted octanol–water partition coefficient (Wildman–Crippen LogP) is 3.42. The molecule has 126 valence electrons. The van der Waals surface area contributed by atoms with Crippen molar-refractivity contribution >= 4 is 11.9 Å². The summed E-state index contributed by atoms with van der Waals surface area (Å²) in [6.45, 7) is -0.0743. The van der Waals surface area contributed by atoms with Gasteiger partial charge in [0.2, 0.25) is 0 Å². The van der Waals surface area contributed by atoms with Crippen molar-refractivity contribution in [3.8, 4) is 11.1 Å². The van der Waals surface area contributed by atoms with E-state index in [9.17, 15) is 9.59 Å². The van der Waals surface area contributed by atoms with Crippen molar-refractivity contribution in [3.63, 3.8) is 0 Å². The fraction of sp³-hybridized carbons (Fsp3) is 0.100. The summed E-state index contributed by atoms with van der Waals surface area (Å²) in [5.74, 6) is -0.283. The second-order valence-electron chi connectivity index (χ2n) is 5.38. The molecule has 5 nitrogen and oxygen atoms in total. The molecule has 3 aromatic rings. The average molecular weight is 335 g/mol. The molecule has 0 saturated heterocycles. The highest BCUT2D eigenvalue weighted by Crippen LogP contribution is 2.19. The van der Waals surface area contributed by atoms with Crippen molar-refractivity contribution < 1.29 is 18.7 Å². The molecule has 2 aromatic carbocycles. The maximum absolute atomic E-state index is 12.0. The monoisotopic (exact) mass is 335 g/mol. The van der Waals surface area contributed by atoms with Crippen molar-refractivity contribution in [2.24, 2.45) is 0 Å². The third kappa shape index (κ3) is 4.57. The van der Waals surface area contributed by atoms with Gasteiger partial charge in [0.05, 0.1) is 18.4 Å². The standard InChI is InChI=1S/C20H17NO4/c22-19(21-13-18-7-4-12-24-18)14-25-20(23)17-10-8-16(9-11-17)15-5-2-1-3-6-15/h1-12H,13-14H2,(H,21,22). The van der Waals surface area contributed by atoms with Crippen molar-refractivity contribution in [1.29, 1.82) is 0 Å². The first kappa shape index (κ1) is 16.5. The van der Waals surface area contributed by atoms with Gasteiger partial charge in [-0.15, -0.1) is 0 Å². The van der Waals surface area contributed by atoms with Gasteiger partial charge >= 0.3 is 5.97 Å². The first-order chi connectivity index (χ1) is 12.2. The fourth-order valence-corrected chi connectivity index (χ4v) is 2.29. The zero-order valence-corrected chi connectivity index (χ0v) is 13.5. The Labute approximate surface area is 145 Å². The second kappa shape index (κ2) is 7.97. The highest BCUT2D eigenvalue weighted by molar-refractivity contribution is 5.91. The summed E-state index contributed by atoms with van der Waals surface area (Å²) in [6.07, 6.45) is 1.53. The molecule has 0 bridgehead atoms. The molecule has 25 heavy (non-hydrogen) atoms. The number of ether oxygens (including phenoxy) is 1. The maximum Gasteiger partial charge on any atom is 0.338 e. The quantitative estimate of drug-likeness (QED) is 0.701. The molecule has 1 amide bonds. The molecule has 0 unspecified atom stereocenters. The average Bonchev–Trinajstić information content (AvgIpc) is 3.19. The van der Waals surface area contributed by atoms with Gasteiger partial charge in [-0.25, -0.2) is 4.79 Å². The Balaban J connectivity index is 1.50.